The lowest BCUT2D eigenvalue weighted by atomic mass is 10.1. The molecule has 2 rings (SSSR count). The van der Waals surface area contributed by atoms with E-state index < -0.39 is 17.9 Å². The fraction of sp³-hybridized carbons (Fsp3) is 0.333. The highest BCUT2D eigenvalue weighted by atomic mass is 16.5. The fourth-order valence-electron chi connectivity index (χ4n) is 3.00. The molecule has 0 aliphatic rings. The van der Waals surface area contributed by atoms with Crippen molar-refractivity contribution in [1.29, 1.82) is 0 Å². The Hall–Kier alpha value is -3.06. The Kier molecular flexibility index (Phi) is 7.00. The Morgan fingerprint density at radius 2 is 1.57 bits per heavy atom. The second kappa shape index (κ2) is 9.23. The molecule has 1 unspecified atom stereocenters. The summed E-state index contributed by atoms with van der Waals surface area (Å²) in [6, 6.07) is 8.81. The number of aliphatic hydroxyl groups excluding tert-OH is 1. The first-order valence-electron chi connectivity index (χ1n) is 8.83. The number of aliphatic hydroxyl groups is 1. The van der Waals surface area contributed by atoms with Crippen molar-refractivity contribution in [2.24, 2.45) is 0 Å². The molecule has 3 N–H and O–H groups in total. The largest absolute Gasteiger partial charge is 0.493 e. The van der Waals surface area contributed by atoms with Crippen LogP contribution in [0.5, 0.6) is 11.5 Å². The van der Waals surface area contributed by atoms with Crippen LogP contribution in [0.25, 0.3) is 0 Å². The molecule has 1 atom stereocenters. The van der Waals surface area contributed by atoms with E-state index in [1.165, 1.54) is 14.2 Å². The SMILES string of the molecule is COc1ccc(C(O)CNC(=O)C(=O)Nc2c(C)cc(C)cc2C)cc1OC. The summed E-state index contributed by atoms with van der Waals surface area (Å²) in [5.74, 6) is -0.604. The number of hydrogen-bond acceptors (Lipinski definition) is 5. The van der Waals surface area contributed by atoms with E-state index in [1.54, 1.807) is 18.2 Å². The summed E-state index contributed by atoms with van der Waals surface area (Å²) in [6.45, 7) is 5.59. The third kappa shape index (κ3) is 5.01. The summed E-state index contributed by atoms with van der Waals surface area (Å²) in [4.78, 5) is 24.3. The minimum absolute atomic E-state index is 0.117. The van der Waals surface area contributed by atoms with Crippen LogP contribution in [0.2, 0.25) is 0 Å². The van der Waals surface area contributed by atoms with Gasteiger partial charge in [0, 0.05) is 12.2 Å². The lowest BCUT2D eigenvalue weighted by Crippen LogP contribution is -2.37. The topological polar surface area (TPSA) is 96.9 Å². The molecule has 0 radical (unpaired) electrons. The molecule has 2 aromatic rings. The Morgan fingerprint density at radius 3 is 2.14 bits per heavy atom. The van der Waals surface area contributed by atoms with Crippen LogP contribution in [0.3, 0.4) is 0 Å². The molecule has 7 heteroatoms. The number of benzene rings is 2. The Balaban J connectivity index is 1.99. The van der Waals surface area contributed by atoms with Crippen molar-refractivity contribution in [3.8, 4) is 11.5 Å². The van der Waals surface area contributed by atoms with Crippen LogP contribution in [0.15, 0.2) is 30.3 Å². The normalized spacial score (nSPS) is 11.5. The van der Waals surface area contributed by atoms with Gasteiger partial charge in [0.25, 0.3) is 0 Å². The van der Waals surface area contributed by atoms with Gasteiger partial charge in [0.2, 0.25) is 0 Å². The van der Waals surface area contributed by atoms with E-state index in [9.17, 15) is 14.7 Å². The van der Waals surface area contributed by atoms with Crippen LogP contribution in [0, 0.1) is 20.8 Å². The Labute approximate surface area is 164 Å². The summed E-state index contributed by atoms with van der Waals surface area (Å²) in [6.07, 6.45) is -1.00. The van der Waals surface area contributed by atoms with Crippen LogP contribution >= 0.6 is 0 Å². The van der Waals surface area contributed by atoms with Gasteiger partial charge in [-0.2, -0.15) is 0 Å². The standard InChI is InChI=1S/C21H26N2O5/c1-12-8-13(2)19(14(3)9-12)23-21(26)20(25)22-11-16(24)15-6-7-17(27-4)18(10-15)28-5/h6-10,16,24H,11H2,1-5H3,(H,22,25)(H,23,26). The van der Waals surface area contributed by atoms with Gasteiger partial charge in [0.05, 0.1) is 20.3 Å². The lowest BCUT2D eigenvalue weighted by molar-refractivity contribution is -0.136. The van der Waals surface area contributed by atoms with Gasteiger partial charge in [-0.1, -0.05) is 23.8 Å². The first-order valence-corrected chi connectivity index (χ1v) is 8.83. The highest BCUT2D eigenvalue weighted by Crippen LogP contribution is 2.29. The zero-order valence-electron chi connectivity index (χ0n) is 16.8. The monoisotopic (exact) mass is 386 g/mol. The van der Waals surface area contributed by atoms with Gasteiger partial charge in [0.1, 0.15) is 0 Å². The van der Waals surface area contributed by atoms with Crippen molar-refractivity contribution in [2.75, 3.05) is 26.1 Å². The summed E-state index contributed by atoms with van der Waals surface area (Å²) < 4.78 is 10.4. The highest BCUT2D eigenvalue weighted by Gasteiger charge is 2.18. The molecule has 7 nitrogen and oxygen atoms in total. The van der Waals surface area contributed by atoms with Gasteiger partial charge in [0.15, 0.2) is 11.5 Å². The summed E-state index contributed by atoms with van der Waals surface area (Å²) in [5, 5.41) is 15.4. The predicted octanol–water partition coefficient (Wildman–Crippen LogP) is 2.42. The summed E-state index contributed by atoms with van der Waals surface area (Å²) >= 11 is 0. The fourth-order valence-corrected chi connectivity index (χ4v) is 3.00. The smallest absolute Gasteiger partial charge is 0.313 e. The Bertz CT molecular complexity index is 856. The van der Waals surface area contributed by atoms with Crippen LogP contribution in [0.1, 0.15) is 28.4 Å². The van der Waals surface area contributed by atoms with E-state index in [0.717, 1.165) is 16.7 Å². The maximum absolute atomic E-state index is 12.2. The third-order valence-electron chi connectivity index (χ3n) is 4.37. The molecule has 0 saturated carbocycles. The van der Waals surface area contributed by atoms with Crippen LogP contribution in [-0.2, 0) is 9.59 Å². The molecule has 0 aliphatic heterocycles. The number of aryl methyl sites for hydroxylation is 3. The zero-order chi connectivity index (χ0) is 20.8. The molecule has 0 aromatic heterocycles. The van der Waals surface area contributed by atoms with Crippen molar-refractivity contribution in [3.63, 3.8) is 0 Å². The molecule has 0 aliphatic carbocycles. The number of hydrogen-bond donors (Lipinski definition) is 3. The number of ether oxygens (including phenoxy) is 2. The second-order valence-corrected chi connectivity index (χ2v) is 6.57. The molecule has 2 aromatic carbocycles. The number of carbonyl (C=O) groups excluding carboxylic acids is 2. The Morgan fingerprint density at radius 1 is 0.964 bits per heavy atom. The molecular weight excluding hydrogens is 360 g/mol. The van der Waals surface area contributed by atoms with E-state index in [4.69, 9.17) is 9.47 Å². The van der Waals surface area contributed by atoms with E-state index >= 15 is 0 Å². The second-order valence-electron chi connectivity index (χ2n) is 6.57. The van der Waals surface area contributed by atoms with Gasteiger partial charge >= 0.3 is 11.8 Å². The molecular formula is C21H26N2O5. The maximum Gasteiger partial charge on any atom is 0.313 e. The van der Waals surface area contributed by atoms with Gasteiger partial charge in [-0.3, -0.25) is 9.59 Å². The molecule has 2 amide bonds. The molecule has 150 valence electrons. The first kappa shape index (κ1) is 21.2. The van der Waals surface area contributed by atoms with E-state index in [2.05, 4.69) is 10.6 Å². The number of amides is 2. The summed E-state index contributed by atoms with van der Waals surface area (Å²) in [5.41, 5.74) is 3.98. The van der Waals surface area contributed by atoms with Crippen LogP contribution in [0.4, 0.5) is 5.69 Å². The molecule has 28 heavy (non-hydrogen) atoms. The number of carbonyl (C=O) groups is 2. The number of rotatable bonds is 6. The number of methoxy groups -OCH3 is 2. The zero-order valence-corrected chi connectivity index (χ0v) is 16.8. The van der Waals surface area contributed by atoms with Crippen molar-refractivity contribution in [2.45, 2.75) is 26.9 Å². The third-order valence-corrected chi connectivity index (χ3v) is 4.37. The van der Waals surface area contributed by atoms with Crippen LogP contribution in [-0.4, -0.2) is 37.7 Å². The quantitative estimate of drug-likeness (QED) is 0.663. The van der Waals surface area contributed by atoms with Gasteiger partial charge < -0.3 is 25.2 Å². The molecule has 0 bridgehead atoms. The van der Waals surface area contributed by atoms with E-state index in [1.807, 2.05) is 32.9 Å². The average Bonchev–Trinajstić information content (AvgIpc) is 2.67. The molecule has 0 fully saturated rings. The van der Waals surface area contributed by atoms with Gasteiger partial charge in [-0.05, 0) is 49.6 Å². The van der Waals surface area contributed by atoms with E-state index in [0.29, 0.717) is 22.7 Å². The van der Waals surface area contributed by atoms with Gasteiger partial charge in [-0.25, -0.2) is 0 Å². The van der Waals surface area contributed by atoms with Gasteiger partial charge in [-0.15, -0.1) is 0 Å². The van der Waals surface area contributed by atoms with Crippen molar-refractivity contribution < 1.29 is 24.2 Å². The average molecular weight is 386 g/mol. The molecule has 0 saturated heterocycles. The predicted molar refractivity (Wildman–Crippen MR) is 107 cm³/mol. The molecule has 0 spiro atoms. The van der Waals surface area contributed by atoms with Crippen LogP contribution < -0.4 is 20.1 Å². The summed E-state index contributed by atoms with van der Waals surface area (Å²) in [7, 11) is 3.01. The first-order chi connectivity index (χ1) is 13.3. The minimum atomic E-state index is -1.00. The molecule has 0 heterocycles. The highest BCUT2D eigenvalue weighted by molar-refractivity contribution is 6.39. The maximum atomic E-state index is 12.2. The van der Waals surface area contributed by atoms with Crippen molar-refractivity contribution >= 4 is 17.5 Å². The number of nitrogens with one attached hydrogen (secondary N) is 2. The van der Waals surface area contributed by atoms with E-state index in [-0.39, 0.29) is 6.54 Å². The van der Waals surface area contributed by atoms with Crippen molar-refractivity contribution in [1.82, 2.24) is 5.32 Å². The number of anilines is 1. The minimum Gasteiger partial charge on any atom is -0.493 e. The van der Waals surface area contributed by atoms with Crippen molar-refractivity contribution in [3.05, 3.63) is 52.6 Å². The lowest BCUT2D eigenvalue weighted by Gasteiger charge is -2.15.